The summed E-state index contributed by atoms with van der Waals surface area (Å²) in [5.74, 6) is -0.171. The first kappa shape index (κ1) is 12.8. The third kappa shape index (κ3) is 3.38. The van der Waals surface area contributed by atoms with Gasteiger partial charge in [-0.15, -0.1) is 0 Å². The number of nitrogens with zero attached hydrogens (tertiary/aromatic N) is 1. The Labute approximate surface area is 96.6 Å². The summed E-state index contributed by atoms with van der Waals surface area (Å²) in [6.45, 7) is 5.81. The number of aryl methyl sites for hydroxylation is 1. The van der Waals surface area contributed by atoms with E-state index in [0.717, 1.165) is 6.54 Å². The van der Waals surface area contributed by atoms with Crippen LogP contribution in [0.5, 0.6) is 0 Å². The molecule has 1 aromatic heterocycles. The first-order chi connectivity index (χ1) is 7.69. The lowest BCUT2D eigenvalue weighted by Crippen LogP contribution is -2.21. The van der Waals surface area contributed by atoms with E-state index in [1.165, 1.54) is 12.8 Å². The van der Waals surface area contributed by atoms with Gasteiger partial charge in [0.2, 0.25) is 0 Å². The third-order valence-corrected chi connectivity index (χ3v) is 2.60. The van der Waals surface area contributed by atoms with Gasteiger partial charge in [-0.25, -0.2) is 0 Å². The molecule has 16 heavy (non-hydrogen) atoms. The maximum atomic E-state index is 11.1. The first-order valence-corrected chi connectivity index (χ1v) is 5.64. The number of ether oxygens (including phenoxy) is 1. The molecule has 1 unspecified atom stereocenters. The van der Waals surface area contributed by atoms with Crippen molar-refractivity contribution in [2.75, 3.05) is 13.7 Å². The van der Waals surface area contributed by atoms with Crippen LogP contribution in [0.1, 0.15) is 32.0 Å². The Morgan fingerprint density at radius 2 is 2.38 bits per heavy atom. The van der Waals surface area contributed by atoms with Crippen LogP contribution in [0.4, 0.5) is 0 Å². The van der Waals surface area contributed by atoms with E-state index in [1.807, 2.05) is 12.3 Å². The van der Waals surface area contributed by atoms with Gasteiger partial charge in [-0.3, -0.25) is 4.79 Å². The van der Waals surface area contributed by atoms with Gasteiger partial charge in [0.1, 0.15) is 0 Å². The van der Waals surface area contributed by atoms with Gasteiger partial charge in [-0.1, -0.05) is 6.92 Å². The van der Waals surface area contributed by atoms with Crippen molar-refractivity contribution < 1.29 is 9.53 Å². The number of rotatable bonds is 6. The Balaban J connectivity index is 2.59. The third-order valence-electron chi connectivity index (χ3n) is 2.60. The molecule has 4 nitrogen and oxygen atoms in total. The molecule has 0 aromatic carbocycles. The number of nitrogens with one attached hydrogen (secondary N) is 1. The van der Waals surface area contributed by atoms with Gasteiger partial charge in [0.25, 0.3) is 0 Å². The molecule has 0 amide bonds. The second-order valence-electron chi connectivity index (χ2n) is 3.73. The summed E-state index contributed by atoms with van der Waals surface area (Å²) in [5.41, 5.74) is 1.20. The summed E-state index contributed by atoms with van der Waals surface area (Å²) in [4.78, 5) is 11.1. The number of carbonyl (C=O) groups is 1. The van der Waals surface area contributed by atoms with Gasteiger partial charge in [0.15, 0.2) is 0 Å². The molecule has 0 bridgehead atoms. The zero-order chi connectivity index (χ0) is 12.0. The van der Waals surface area contributed by atoms with Gasteiger partial charge in [0, 0.05) is 24.5 Å². The second-order valence-corrected chi connectivity index (χ2v) is 3.73. The molecular weight excluding hydrogens is 204 g/mol. The molecule has 0 fully saturated rings. The van der Waals surface area contributed by atoms with E-state index in [0.29, 0.717) is 19.0 Å². The van der Waals surface area contributed by atoms with Crippen LogP contribution in [0.2, 0.25) is 0 Å². The van der Waals surface area contributed by atoms with E-state index in [1.54, 1.807) is 0 Å². The molecular formula is C12H20N2O2. The summed E-state index contributed by atoms with van der Waals surface area (Å²) in [6, 6.07) is 4.38. The first-order valence-electron chi connectivity index (χ1n) is 5.64. The number of methoxy groups -OCH3 is 1. The van der Waals surface area contributed by atoms with E-state index in [-0.39, 0.29) is 5.97 Å². The Morgan fingerprint density at radius 1 is 1.62 bits per heavy atom. The SMILES string of the molecule is CCNC(C)c1cccn1CCC(=O)OC. The van der Waals surface area contributed by atoms with E-state index < -0.39 is 0 Å². The van der Waals surface area contributed by atoms with E-state index in [9.17, 15) is 4.79 Å². The monoisotopic (exact) mass is 224 g/mol. The van der Waals surface area contributed by atoms with Gasteiger partial charge in [0.05, 0.1) is 13.5 Å². The molecule has 0 aliphatic rings. The van der Waals surface area contributed by atoms with Crippen molar-refractivity contribution in [1.82, 2.24) is 9.88 Å². The summed E-state index contributed by atoms with van der Waals surface area (Å²) in [6.07, 6.45) is 2.41. The topological polar surface area (TPSA) is 43.3 Å². The van der Waals surface area contributed by atoms with E-state index in [4.69, 9.17) is 0 Å². The van der Waals surface area contributed by atoms with Crippen molar-refractivity contribution in [3.05, 3.63) is 24.0 Å². The van der Waals surface area contributed by atoms with Gasteiger partial charge < -0.3 is 14.6 Å². The summed E-state index contributed by atoms with van der Waals surface area (Å²) in [7, 11) is 1.42. The van der Waals surface area contributed by atoms with Crippen LogP contribution in [-0.4, -0.2) is 24.2 Å². The van der Waals surface area contributed by atoms with Crippen molar-refractivity contribution in [2.45, 2.75) is 32.9 Å². The van der Waals surface area contributed by atoms with Crippen LogP contribution in [0.25, 0.3) is 0 Å². The number of hydrogen-bond acceptors (Lipinski definition) is 3. The lowest BCUT2D eigenvalue weighted by Gasteiger charge is -2.15. The minimum Gasteiger partial charge on any atom is -0.469 e. The minimum atomic E-state index is -0.171. The van der Waals surface area contributed by atoms with Crippen LogP contribution < -0.4 is 5.32 Å². The highest BCUT2D eigenvalue weighted by Crippen LogP contribution is 2.13. The molecule has 90 valence electrons. The van der Waals surface area contributed by atoms with Crippen molar-refractivity contribution in [1.29, 1.82) is 0 Å². The van der Waals surface area contributed by atoms with Crippen LogP contribution in [0.15, 0.2) is 18.3 Å². The fourth-order valence-corrected chi connectivity index (χ4v) is 1.75. The number of carbonyl (C=O) groups excluding carboxylic acids is 1. The van der Waals surface area contributed by atoms with E-state index >= 15 is 0 Å². The Morgan fingerprint density at radius 3 is 3.00 bits per heavy atom. The second kappa shape index (κ2) is 6.33. The van der Waals surface area contributed by atoms with Gasteiger partial charge in [-0.05, 0) is 25.6 Å². The molecule has 1 rings (SSSR count). The average molecular weight is 224 g/mol. The number of hydrogen-bond donors (Lipinski definition) is 1. The maximum Gasteiger partial charge on any atom is 0.307 e. The Hall–Kier alpha value is -1.29. The lowest BCUT2D eigenvalue weighted by atomic mass is 10.2. The minimum absolute atomic E-state index is 0.171. The molecule has 0 spiro atoms. The Bertz CT molecular complexity index is 334. The van der Waals surface area contributed by atoms with Crippen LogP contribution in [0.3, 0.4) is 0 Å². The molecule has 1 N–H and O–H groups in total. The van der Waals surface area contributed by atoms with Crippen LogP contribution in [-0.2, 0) is 16.1 Å². The van der Waals surface area contributed by atoms with Crippen molar-refractivity contribution in [3.8, 4) is 0 Å². The fourth-order valence-electron chi connectivity index (χ4n) is 1.75. The number of aromatic nitrogens is 1. The quantitative estimate of drug-likeness (QED) is 0.748. The highest BCUT2D eigenvalue weighted by atomic mass is 16.5. The zero-order valence-corrected chi connectivity index (χ0v) is 10.2. The lowest BCUT2D eigenvalue weighted by molar-refractivity contribution is -0.140. The number of esters is 1. The standard InChI is InChI=1S/C12H20N2O2/c1-4-13-10(2)11-6-5-8-14(11)9-7-12(15)16-3/h5-6,8,10,13H,4,7,9H2,1-3H3. The summed E-state index contributed by atoms with van der Waals surface area (Å²) < 4.78 is 6.72. The predicted molar refractivity (Wildman–Crippen MR) is 63.2 cm³/mol. The molecule has 1 atom stereocenters. The molecule has 0 aliphatic carbocycles. The summed E-state index contributed by atoms with van der Waals surface area (Å²) >= 11 is 0. The highest BCUT2D eigenvalue weighted by molar-refractivity contribution is 5.68. The maximum absolute atomic E-state index is 11.1. The van der Waals surface area contributed by atoms with Crippen molar-refractivity contribution >= 4 is 5.97 Å². The van der Waals surface area contributed by atoms with Crippen LogP contribution in [0, 0.1) is 0 Å². The Kier molecular flexibility index (Phi) is 5.05. The molecule has 1 aromatic rings. The molecule has 1 heterocycles. The molecule has 0 radical (unpaired) electrons. The van der Waals surface area contributed by atoms with Crippen molar-refractivity contribution in [2.24, 2.45) is 0 Å². The smallest absolute Gasteiger partial charge is 0.307 e. The van der Waals surface area contributed by atoms with Gasteiger partial charge in [-0.2, -0.15) is 0 Å². The predicted octanol–water partition coefficient (Wildman–Crippen LogP) is 1.72. The average Bonchev–Trinajstić information content (AvgIpc) is 2.74. The van der Waals surface area contributed by atoms with E-state index in [2.05, 4.69) is 34.5 Å². The zero-order valence-electron chi connectivity index (χ0n) is 10.2. The fraction of sp³-hybridized carbons (Fsp3) is 0.583. The highest BCUT2D eigenvalue weighted by Gasteiger charge is 2.09. The van der Waals surface area contributed by atoms with Crippen LogP contribution >= 0.6 is 0 Å². The normalized spacial score (nSPS) is 12.4. The molecule has 4 heteroatoms. The largest absolute Gasteiger partial charge is 0.469 e. The molecule has 0 aliphatic heterocycles. The summed E-state index contributed by atoms with van der Waals surface area (Å²) in [5, 5.41) is 3.35. The molecule has 0 saturated heterocycles. The van der Waals surface area contributed by atoms with Gasteiger partial charge >= 0.3 is 5.97 Å². The molecule has 0 saturated carbocycles. The van der Waals surface area contributed by atoms with Crippen molar-refractivity contribution in [3.63, 3.8) is 0 Å².